The van der Waals surface area contributed by atoms with Crippen LogP contribution in [0.4, 0.5) is 5.69 Å². The predicted molar refractivity (Wildman–Crippen MR) is 119 cm³/mol. The maximum atomic E-state index is 12.5. The molecule has 6 nitrogen and oxygen atoms in total. The highest BCUT2D eigenvalue weighted by Crippen LogP contribution is 2.32. The number of hydrogen-bond donors (Lipinski definition) is 1. The molecule has 1 aromatic carbocycles. The van der Waals surface area contributed by atoms with Gasteiger partial charge in [-0.15, -0.1) is 11.3 Å². The van der Waals surface area contributed by atoms with Gasteiger partial charge in [-0.05, 0) is 29.7 Å². The largest absolute Gasteiger partial charge is 0.326 e. The van der Waals surface area contributed by atoms with Crippen LogP contribution in [-0.2, 0) is 4.79 Å². The first-order chi connectivity index (χ1) is 14.3. The van der Waals surface area contributed by atoms with Crippen LogP contribution in [0.5, 0.6) is 0 Å². The van der Waals surface area contributed by atoms with Gasteiger partial charge < -0.3 is 10.2 Å². The Bertz CT molecular complexity index is 1120. The lowest BCUT2D eigenvalue weighted by Crippen LogP contribution is -2.24. The molecule has 29 heavy (non-hydrogen) atoms. The number of aliphatic imine (C=N–C) groups is 1. The molecule has 0 bridgehead atoms. The average molecular weight is 420 g/mol. The highest BCUT2D eigenvalue weighted by molar-refractivity contribution is 8.16. The first-order valence-corrected chi connectivity index (χ1v) is 11.0. The van der Waals surface area contributed by atoms with Gasteiger partial charge in [0.2, 0.25) is 5.91 Å². The molecule has 5 rings (SSSR count). The minimum atomic E-state index is -0.0328. The van der Waals surface area contributed by atoms with Gasteiger partial charge in [0.15, 0.2) is 5.17 Å². The molecule has 2 aliphatic heterocycles. The van der Waals surface area contributed by atoms with Crippen molar-refractivity contribution in [1.29, 1.82) is 0 Å². The minimum Gasteiger partial charge on any atom is -0.326 e. The molecule has 2 aromatic heterocycles. The molecule has 1 N–H and O–H groups in total. The number of amides is 1. The van der Waals surface area contributed by atoms with Crippen molar-refractivity contribution in [2.75, 3.05) is 18.4 Å². The zero-order valence-electron chi connectivity index (χ0n) is 15.4. The Labute approximate surface area is 176 Å². The third-order valence-electron chi connectivity index (χ3n) is 4.62. The smallest absolute Gasteiger partial charge is 0.230 e. The van der Waals surface area contributed by atoms with Gasteiger partial charge in [-0.2, -0.15) is 0 Å². The van der Waals surface area contributed by atoms with E-state index < -0.39 is 0 Å². The molecular formula is C21H17N5OS2. The Morgan fingerprint density at radius 3 is 3.03 bits per heavy atom. The molecule has 1 amide bonds. The van der Waals surface area contributed by atoms with Crippen LogP contribution in [0.15, 0.2) is 70.1 Å². The number of fused-ring (bicyclic) bond motifs is 1. The van der Waals surface area contributed by atoms with Crippen molar-refractivity contribution >= 4 is 39.9 Å². The average Bonchev–Trinajstić information content (AvgIpc) is 3.48. The summed E-state index contributed by atoms with van der Waals surface area (Å²) >= 11 is 3.15. The lowest BCUT2D eigenvalue weighted by atomic mass is 10.1. The number of thioether (sulfide) groups is 1. The van der Waals surface area contributed by atoms with Crippen molar-refractivity contribution in [3.05, 3.63) is 65.1 Å². The van der Waals surface area contributed by atoms with E-state index in [9.17, 15) is 4.79 Å². The zero-order chi connectivity index (χ0) is 19.6. The second-order valence-electron chi connectivity index (χ2n) is 6.60. The molecule has 4 heterocycles. The fraction of sp³-hybridized carbons (Fsp3) is 0.143. The topological polar surface area (TPSA) is 70.5 Å². The number of hydrogen-bond acceptors (Lipinski definition) is 7. The summed E-state index contributed by atoms with van der Waals surface area (Å²) in [6.45, 7) is 1.66. The quantitative estimate of drug-likeness (QED) is 0.661. The van der Waals surface area contributed by atoms with Crippen LogP contribution in [0.1, 0.15) is 6.42 Å². The highest BCUT2D eigenvalue weighted by Gasteiger charge is 2.27. The summed E-state index contributed by atoms with van der Waals surface area (Å²) < 4.78 is 0. The maximum absolute atomic E-state index is 12.5. The Hall–Kier alpha value is -2.97. The van der Waals surface area contributed by atoms with E-state index in [1.165, 1.54) is 0 Å². The van der Waals surface area contributed by atoms with Gasteiger partial charge in [0.25, 0.3) is 0 Å². The zero-order valence-corrected chi connectivity index (χ0v) is 17.0. The molecule has 144 valence electrons. The summed E-state index contributed by atoms with van der Waals surface area (Å²) in [5.41, 5.74) is 4.48. The predicted octanol–water partition coefficient (Wildman–Crippen LogP) is 4.46. The second kappa shape index (κ2) is 7.81. The van der Waals surface area contributed by atoms with Crippen LogP contribution in [0.25, 0.3) is 22.0 Å². The lowest BCUT2D eigenvalue weighted by molar-refractivity contribution is -0.115. The van der Waals surface area contributed by atoms with Crippen LogP contribution in [0, 0.1) is 0 Å². The Morgan fingerprint density at radius 2 is 2.14 bits per heavy atom. The summed E-state index contributed by atoms with van der Waals surface area (Å²) in [5.74, 6) is -0.0328. The second-order valence-corrected chi connectivity index (χ2v) is 8.30. The number of benzene rings is 1. The van der Waals surface area contributed by atoms with E-state index in [0.717, 1.165) is 51.6 Å². The van der Waals surface area contributed by atoms with Crippen molar-refractivity contribution in [2.45, 2.75) is 6.42 Å². The number of anilines is 1. The highest BCUT2D eigenvalue weighted by atomic mass is 32.2. The van der Waals surface area contributed by atoms with Crippen LogP contribution in [-0.4, -0.2) is 39.0 Å². The number of thiazole rings is 1. The van der Waals surface area contributed by atoms with Crippen molar-refractivity contribution in [3.63, 3.8) is 0 Å². The number of nitrogens with zero attached hydrogens (tertiary/aromatic N) is 4. The number of carbonyl (C=O) groups is 1. The molecule has 0 unspecified atom stereocenters. The molecule has 3 aromatic rings. The van der Waals surface area contributed by atoms with Crippen molar-refractivity contribution in [2.24, 2.45) is 4.99 Å². The van der Waals surface area contributed by atoms with Crippen molar-refractivity contribution in [1.82, 2.24) is 14.9 Å². The lowest BCUT2D eigenvalue weighted by Gasteiger charge is -2.16. The van der Waals surface area contributed by atoms with Crippen molar-refractivity contribution < 1.29 is 4.79 Å². The van der Waals surface area contributed by atoms with Gasteiger partial charge in [0, 0.05) is 35.1 Å². The molecule has 0 spiro atoms. The first kappa shape index (κ1) is 18.1. The first-order valence-electron chi connectivity index (χ1n) is 9.21. The molecule has 8 heteroatoms. The molecular weight excluding hydrogens is 402 g/mol. The minimum absolute atomic E-state index is 0.0328. The van der Waals surface area contributed by atoms with Crippen LogP contribution in [0.2, 0.25) is 0 Å². The molecule has 0 saturated heterocycles. The number of pyridine rings is 1. The number of amidine groups is 1. The van der Waals surface area contributed by atoms with E-state index in [0.29, 0.717) is 6.42 Å². The summed E-state index contributed by atoms with van der Waals surface area (Å²) in [4.78, 5) is 28.1. The summed E-state index contributed by atoms with van der Waals surface area (Å²) in [7, 11) is 0. The Balaban J connectivity index is 1.28. The van der Waals surface area contributed by atoms with E-state index in [2.05, 4.69) is 20.2 Å². The monoisotopic (exact) mass is 419 g/mol. The van der Waals surface area contributed by atoms with Gasteiger partial charge in [-0.25, -0.2) is 4.98 Å². The third kappa shape index (κ3) is 3.81. The van der Waals surface area contributed by atoms with E-state index >= 15 is 0 Å². The molecule has 0 fully saturated rings. The fourth-order valence-corrected chi connectivity index (χ4v) is 5.01. The SMILES string of the molecule is O=C(CC1=CSC2=NCCN12)Nc1cccc(-c2csc(-c3ccccn3)n2)c1. The number of rotatable bonds is 5. The van der Waals surface area contributed by atoms with Crippen LogP contribution in [0.3, 0.4) is 0 Å². The molecule has 2 aliphatic rings. The van der Waals surface area contributed by atoms with Gasteiger partial charge in [0.1, 0.15) is 5.01 Å². The normalized spacial score (nSPS) is 15.1. The standard InChI is InChI=1S/C21H17N5OS2/c27-19(11-16-12-29-21-23-8-9-26(16)21)24-15-5-3-4-14(10-15)18-13-28-20(25-18)17-6-1-2-7-22-17/h1-7,10,12-13H,8-9,11H2,(H,24,27). The molecule has 0 saturated carbocycles. The van der Waals surface area contributed by atoms with Gasteiger partial charge in [-0.3, -0.25) is 14.8 Å². The molecule has 0 aliphatic carbocycles. The van der Waals surface area contributed by atoms with Crippen LogP contribution < -0.4 is 5.32 Å². The van der Waals surface area contributed by atoms with Gasteiger partial charge in [-0.1, -0.05) is 30.0 Å². The fourth-order valence-electron chi connectivity index (χ4n) is 3.25. The van der Waals surface area contributed by atoms with Crippen molar-refractivity contribution in [3.8, 4) is 22.0 Å². The van der Waals surface area contributed by atoms with E-state index in [1.54, 1.807) is 29.3 Å². The number of nitrogens with one attached hydrogen (secondary N) is 1. The number of aromatic nitrogens is 2. The van der Waals surface area contributed by atoms with E-state index in [-0.39, 0.29) is 5.91 Å². The Morgan fingerprint density at radius 1 is 1.17 bits per heavy atom. The van der Waals surface area contributed by atoms with E-state index in [4.69, 9.17) is 4.98 Å². The summed E-state index contributed by atoms with van der Waals surface area (Å²) in [5, 5.41) is 8.92. The summed E-state index contributed by atoms with van der Waals surface area (Å²) in [6, 6.07) is 13.6. The Kier molecular flexibility index (Phi) is 4.87. The number of carbonyl (C=O) groups excluding carboxylic acids is 1. The van der Waals surface area contributed by atoms with Crippen LogP contribution >= 0.6 is 23.1 Å². The van der Waals surface area contributed by atoms with Gasteiger partial charge >= 0.3 is 0 Å². The van der Waals surface area contributed by atoms with E-state index in [1.807, 2.05) is 53.3 Å². The van der Waals surface area contributed by atoms with Gasteiger partial charge in [0.05, 0.1) is 24.4 Å². The summed E-state index contributed by atoms with van der Waals surface area (Å²) in [6.07, 6.45) is 2.11. The maximum Gasteiger partial charge on any atom is 0.230 e. The molecule has 0 radical (unpaired) electrons. The third-order valence-corrected chi connectivity index (χ3v) is 6.44. The molecule has 0 atom stereocenters.